The van der Waals surface area contributed by atoms with E-state index in [4.69, 9.17) is 4.98 Å². The van der Waals surface area contributed by atoms with Gasteiger partial charge in [0.1, 0.15) is 18.0 Å². The second-order valence-corrected chi connectivity index (χ2v) is 6.15. The first-order valence-corrected chi connectivity index (χ1v) is 7.63. The van der Waals surface area contributed by atoms with E-state index in [1.54, 1.807) is 18.5 Å². The number of benzene rings is 1. The predicted octanol–water partition coefficient (Wildman–Crippen LogP) is 4.09. The Kier molecular flexibility index (Phi) is 2.96. The molecule has 0 spiro atoms. The van der Waals surface area contributed by atoms with Crippen LogP contribution in [0.3, 0.4) is 0 Å². The molecule has 2 heterocycles. The Morgan fingerprint density at radius 1 is 1.27 bits per heavy atom. The highest BCUT2D eigenvalue weighted by Crippen LogP contribution is 2.42. The topological polar surface area (TPSA) is 43.6 Å². The van der Waals surface area contributed by atoms with Gasteiger partial charge in [0.2, 0.25) is 0 Å². The lowest BCUT2D eigenvalue weighted by Gasteiger charge is -2.12. The molecule has 1 aliphatic carbocycles. The maximum atomic E-state index is 13.7. The monoisotopic (exact) mass is 296 g/mol. The number of rotatable bonds is 3. The summed E-state index contributed by atoms with van der Waals surface area (Å²) in [5.41, 5.74) is 3.60. The Balaban J connectivity index is 2.01. The molecule has 0 bridgehead atoms. The lowest BCUT2D eigenvalue weighted by Crippen LogP contribution is -2.03. The van der Waals surface area contributed by atoms with E-state index in [2.05, 4.69) is 28.4 Å². The average molecular weight is 296 g/mol. The van der Waals surface area contributed by atoms with E-state index in [0.717, 1.165) is 41.0 Å². The molecule has 0 radical (unpaired) electrons. The van der Waals surface area contributed by atoms with Crippen LogP contribution in [0.5, 0.6) is 0 Å². The summed E-state index contributed by atoms with van der Waals surface area (Å²) in [7, 11) is 0. The van der Waals surface area contributed by atoms with E-state index in [0.29, 0.717) is 6.04 Å². The minimum absolute atomic E-state index is 0.228. The van der Waals surface area contributed by atoms with Crippen LogP contribution in [0.25, 0.3) is 22.4 Å². The number of hydrogen-bond acceptors (Lipinski definition) is 3. The first kappa shape index (κ1) is 13.4. The Labute approximate surface area is 128 Å². The Morgan fingerprint density at radius 2 is 2.09 bits per heavy atom. The molecule has 0 atom stereocenters. The molecule has 1 saturated carbocycles. The van der Waals surface area contributed by atoms with Gasteiger partial charge in [-0.25, -0.2) is 19.3 Å². The second-order valence-electron chi connectivity index (χ2n) is 6.15. The fraction of sp³-hybridized carbons (Fsp3) is 0.353. The molecule has 2 aromatic heterocycles. The van der Waals surface area contributed by atoms with Crippen molar-refractivity contribution in [2.75, 3.05) is 0 Å². The summed E-state index contributed by atoms with van der Waals surface area (Å²) < 4.78 is 15.8. The summed E-state index contributed by atoms with van der Waals surface area (Å²) in [6.07, 6.45) is 5.61. The van der Waals surface area contributed by atoms with E-state index in [9.17, 15) is 4.39 Å². The van der Waals surface area contributed by atoms with E-state index >= 15 is 0 Å². The van der Waals surface area contributed by atoms with E-state index < -0.39 is 0 Å². The molecule has 5 heteroatoms. The van der Waals surface area contributed by atoms with Crippen molar-refractivity contribution >= 4 is 11.0 Å². The number of imidazole rings is 1. The van der Waals surface area contributed by atoms with E-state index in [1.807, 2.05) is 6.20 Å². The Hall–Kier alpha value is -2.30. The van der Waals surface area contributed by atoms with Gasteiger partial charge in [0, 0.05) is 12.2 Å². The maximum Gasteiger partial charge on any atom is 0.144 e. The highest BCUT2D eigenvalue weighted by Gasteiger charge is 2.30. The zero-order valence-corrected chi connectivity index (χ0v) is 12.6. The molecule has 1 fully saturated rings. The second kappa shape index (κ2) is 4.87. The minimum atomic E-state index is -0.228. The highest BCUT2D eigenvalue weighted by atomic mass is 19.1. The summed E-state index contributed by atoms with van der Waals surface area (Å²) in [5.74, 6) is 0.906. The van der Waals surface area contributed by atoms with Crippen LogP contribution < -0.4 is 0 Å². The van der Waals surface area contributed by atoms with E-state index in [1.165, 1.54) is 6.07 Å². The van der Waals surface area contributed by atoms with Crippen LogP contribution >= 0.6 is 0 Å². The summed E-state index contributed by atoms with van der Waals surface area (Å²) >= 11 is 0. The SMILES string of the molecule is CC(C)c1ncncc1-c1nc2ccc(F)cc2n1C1CC1. The number of hydrogen-bond donors (Lipinski definition) is 0. The van der Waals surface area contributed by atoms with Gasteiger partial charge in [0.25, 0.3) is 0 Å². The smallest absolute Gasteiger partial charge is 0.144 e. The van der Waals surface area contributed by atoms with Crippen molar-refractivity contribution in [2.45, 2.75) is 38.6 Å². The molecule has 0 saturated heterocycles. The molecule has 4 rings (SSSR count). The predicted molar refractivity (Wildman–Crippen MR) is 83.1 cm³/mol. The van der Waals surface area contributed by atoms with Crippen LogP contribution in [-0.2, 0) is 0 Å². The van der Waals surface area contributed by atoms with Crippen LogP contribution in [0, 0.1) is 5.82 Å². The zero-order valence-electron chi connectivity index (χ0n) is 12.6. The van der Waals surface area contributed by atoms with Crippen LogP contribution in [0.15, 0.2) is 30.7 Å². The van der Waals surface area contributed by atoms with Crippen molar-refractivity contribution < 1.29 is 4.39 Å². The van der Waals surface area contributed by atoms with Gasteiger partial charge in [-0.3, -0.25) is 0 Å². The third-order valence-corrected chi connectivity index (χ3v) is 4.09. The lowest BCUT2D eigenvalue weighted by molar-refractivity contribution is 0.628. The molecular formula is C17H17FN4. The van der Waals surface area contributed by atoms with E-state index in [-0.39, 0.29) is 11.7 Å². The molecule has 0 unspecified atom stereocenters. The third-order valence-electron chi connectivity index (χ3n) is 4.09. The van der Waals surface area contributed by atoms with Gasteiger partial charge in [-0.2, -0.15) is 0 Å². The van der Waals surface area contributed by atoms with Crippen LogP contribution in [0.1, 0.15) is 44.3 Å². The molecule has 112 valence electrons. The van der Waals surface area contributed by atoms with Gasteiger partial charge in [-0.1, -0.05) is 13.8 Å². The number of nitrogens with zero attached hydrogens (tertiary/aromatic N) is 4. The van der Waals surface area contributed by atoms with Crippen molar-refractivity contribution in [3.8, 4) is 11.4 Å². The van der Waals surface area contributed by atoms with Crippen molar-refractivity contribution in [3.05, 3.63) is 42.2 Å². The van der Waals surface area contributed by atoms with Crippen molar-refractivity contribution in [1.29, 1.82) is 0 Å². The fourth-order valence-electron chi connectivity index (χ4n) is 2.93. The molecule has 22 heavy (non-hydrogen) atoms. The van der Waals surface area contributed by atoms with Gasteiger partial charge < -0.3 is 4.57 Å². The first-order valence-electron chi connectivity index (χ1n) is 7.63. The highest BCUT2D eigenvalue weighted by molar-refractivity contribution is 5.81. The zero-order chi connectivity index (χ0) is 15.3. The number of aromatic nitrogens is 4. The Bertz CT molecular complexity index is 849. The normalized spacial score (nSPS) is 14.9. The number of fused-ring (bicyclic) bond motifs is 1. The van der Waals surface area contributed by atoms with Gasteiger partial charge in [0.15, 0.2) is 0 Å². The molecular weight excluding hydrogens is 279 g/mol. The standard InChI is InChI=1S/C17H17FN4/c1-10(2)16-13(8-19-9-20-16)17-21-14-6-3-11(18)7-15(14)22(17)12-4-5-12/h3,6-10,12H,4-5H2,1-2H3. The molecule has 0 N–H and O–H groups in total. The number of halogens is 1. The van der Waals surface area contributed by atoms with Gasteiger partial charge in [-0.15, -0.1) is 0 Å². The summed E-state index contributed by atoms with van der Waals surface area (Å²) in [6.45, 7) is 4.21. The quantitative estimate of drug-likeness (QED) is 0.731. The summed E-state index contributed by atoms with van der Waals surface area (Å²) in [6, 6.07) is 5.18. The fourth-order valence-corrected chi connectivity index (χ4v) is 2.93. The van der Waals surface area contributed by atoms with Crippen LogP contribution in [0.4, 0.5) is 4.39 Å². The molecule has 4 nitrogen and oxygen atoms in total. The average Bonchev–Trinajstić information content (AvgIpc) is 3.28. The van der Waals surface area contributed by atoms with Gasteiger partial charge in [0.05, 0.1) is 22.3 Å². The third kappa shape index (κ3) is 2.08. The lowest BCUT2D eigenvalue weighted by atomic mass is 10.0. The van der Waals surface area contributed by atoms with Crippen molar-refractivity contribution in [3.63, 3.8) is 0 Å². The van der Waals surface area contributed by atoms with Crippen LogP contribution in [0.2, 0.25) is 0 Å². The molecule has 1 aliphatic rings. The largest absolute Gasteiger partial charge is 0.321 e. The van der Waals surface area contributed by atoms with Crippen molar-refractivity contribution in [2.24, 2.45) is 0 Å². The molecule has 3 aromatic rings. The maximum absolute atomic E-state index is 13.7. The van der Waals surface area contributed by atoms with Crippen molar-refractivity contribution in [1.82, 2.24) is 19.5 Å². The summed E-state index contributed by atoms with van der Waals surface area (Å²) in [4.78, 5) is 13.3. The van der Waals surface area contributed by atoms with Crippen LogP contribution in [-0.4, -0.2) is 19.5 Å². The molecule has 0 amide bonds. The van der Waals surface area contributed by atoms with Gasteiger partial charge in [-0.05, 0) is 37.0 Å². The first-order chi connectivity index (χ1) is 10.6. The minimum Gasteiger partial charge on any atom is -0.321 e. The van der Waals surface area contributed by atoms with Gasteiger partial charge >= 0.3 is 0 Å². The molecule has 0 aliphatic heterocycles. The summed E-state index contributed by atoms with van der Waals surface area (Å²) in [5, 5.41) is 0. The molecule has 1 aromatic carbocycles. The Morgan fingerprint density at radius 3 is 2.82 bits per heavy atom.